The van der Waals surface area contributed by atoms with Gasteiger partial charge in [0.05, 0.1) is 17.1 Å². The van der Waals surface area contributed by atoms with Crippen LogP contribution in [0.5, 0.6) is 0 Å². The molecule has 3 rings (SSSR count). The van der Waals surface area contributed by atoms with Crippen molar-refractivity contribution in [2.45, 2.75) is 6.42 Å². The number of carbonyl (C=O) groups excluding carboxylic acids is 2. The van der Waals surface area contributed by atoms with Crippen molar-refractivity contribution < 1.29 is 14.3 Å². The summed E-state index contributed by atoms with van der Waals surface area (Å²) in [5.41, 5.74) is 1.77. The summed E-state index contributed by atoms with van der Waals surface area (Å²) in [6.07, 6.45) is 0.116. The van der Waals surface area contributed by atoms with E-state index in [0.29, 0.717) is 36.2 Å². The fraction of sp³-hybridized carbons (Fsp3) is 0.300. The molecular formula is C20H20Cl2N2O3. The van der Waals surface area contributed by atoms with E-state index in [0.717, 1.165) is 11.3 Å². The van der Waals surface area contributed by atoms with Crippen LogP contribution < -0.4 is 4.90 Å². The van der Waals surface area contributed by atoms with E-state index in [-0.39, 0.29) is 18.9 Å². The molecule has 1 heterocycles. The molecule has 1 saturated heterocycles. The first kappa shape index (κ1) is 19.5. The number of benzene rings is 2. The number of para-hydroxylation sites is 1. The highest BCUT2D eigenvalue weighted by Gasteiger charge is 2.23. The lowest BCUT2D eigenvalue weighted by Gasteiger charge is -2.36. The minimum absolute atomic E-state index is 0.116. The van der Waals surface area contributed by atoms with Crippen molar-refractivity contribution in [2.24, 2.45) is 0 Å². The molecule has 2 aromatic carbocycles. The molecule has 1 aliphatic rings. The van der Waals surface area contributed by atoms with E-state index in [4.69, 9.17) is 27.9 Å². The lowest BCUT2D eigenvalue weighted by molar-refractivity contribution is -0.151. The smallest absolute Gasteiger partial charge is 0.310 e. The number of amides is 1. The topological polar surface area (TPSA) is 49.9 Å². The molecule has 0 saturated carbocycles. The normalized spacial score (nSPS) is 14.1. The molecule has 142 valence electrons. The number of piperazine rings is 1. The van der Waals surface area contributed by atoms with Gasteiger partial charge in [-0.3, -0.25) is 9.59 Å². The average Bonchev–Trinajstić information content (AvgIpc) is 2.68. The van der Waals surface area contributed by atoms with E-state index >= 15 is 0 Å². The van der Waals surface area contributed by atoms with Crippen molar-refractivity contribution in [3.8, 4) is 0 Å². The lowest BCUT2D eigenvalue weighted by atomic mass is 10.1. The summed E-state index contributed by atoms with van der Waals surface area (Å²) in [6, 6.07) is 14.6. The molecule has 0 aromatic heterocycles. The third-order valence-corrected chi connectivity index (χ3v) is 5.02. The first-order chi connectivity index (χ1) is 13.0. The van der Waals surface area contributed by atoms with Crippen LogP contribution in [-0.2, 0) is 20.7 Å². The second-order valence-corrected chi connectivity index (χ2v) is 7.13. The van der Waals surface area contributed by atoms with E-state index < -0.39 is 5.97 Å². The summed E-state index contributed by atoms with van der Waals surface area (Å²) < 4.78 is 5.12. The molecule has 1 fully saturated rings. The molecule has 27 heavy (non-hydrogen) atoms. The average molecular weight is 407 g/mol. The molecule has 1 aliphatic heterocycles. The lowest BCUT2D eigenvalue weighted by Crippen LogP contribution is -2.50. The summed E-state index contributed by atoms with van der Waals surface area (Å²) in [7, 11) is 0. The molecule has 2 aromatic rings. The highest BCUT2D eigenvalue weighted by Crippen LogP contribution is 2.26. The van der Waals surface area contributed by atoms with Gasteiger partial charge in [-0.05, 0) is 29.8 Å². The highest BCUT2D eigenvalue weighted by atomic mass is 35.5. The molecule has 0 N–H and O–H groups in total. The van der Waals surface area contributed by atoms with Crippen LogP contribution in [0.15, 0.2) is 48.5 Å². The van der Waals surface area contributed by atoms with Crippen LogP contribution in [0, 0.1) is 0 Å². The third-order valence-electron chi connectivity index (χ3n) is 4.44. The zero-order valence-corrected chi connectivity index (χ0v) is 16.2. The Kier molecular flexibility index (Phi) is 6.58. The third kappa shape index (κ3) is 5.37. The van der Waals surface area contributed by atoms with E-state index in [1.54, 1.807) is 29.2 Å². The SMILES string of the molecule is O=C(Cc1ccc(Cl)cc1)OCC(=O)N1CCN(c2ccccc2Cl)CC1. The Balaban J connectivity index is 1.43. The van der Waals surface area contributed by atoms with Crippen LogP contribution >= 0.6 is 23.2 Å². The minimum atomic E-state index is -0.430. The largest absolute Gasteiger partial charge is 0.455 e. The second-order valence-electron chi connectivity index (χ2n) is 6.28. The van der Waals surface area contributed by atoms with Crippen LogP contribution in [0.2, 0.25) is 10.0 Å². The summed E-state index contributed by atoms with van der Waals surface area (Å²) in [5, 5.41) is 1.31. The summed E-state index contributed by atoms with van der Waals surface area (Å²) in [5.74, 6) is -0.612. The number of carbonyl (C=O) groups is 2. The minimum Gasteiger partial charge on any atom is -0.455 e. The highest BCUT2D eigenvalue weighted by molar-refractivity contribution is 6.33. The van der Waals surface area contributed by atoms with Gasteiger partial charge in [-0.25, -0.2) is 0 Å². The fourth-order valence-electron chi connectivity index (χ4n) is 2.96. The Morgan fingerprint density at radius 1 is 0.926 bits per heavy atom. The molecule has 0 atom stereocenters. The van der Waals surface area contributed by atoms with Gasteiger partial charge >= 0.3 is 5.97 Å². The number of esters is 1. The van der Waals surface area contributed by atoms with Gasteiger partial charge in [-0.2, -0.15) is 0 Å². The molecule has 0 radical (unpaired) electrons. The zero-order chi connectivity index (χ0) is 19.2. The molecule has 7 heteroatoms. The molecular weight excluding hydrogens is 387 g/mol. The fourth-order valence-corrected chi connectivity index (χ4v) is 3.34. The van der Waals surface area contributed by atoms with Crippen molar-refractivity contribution in [1.82, 2.24) is 4.90 Å². The first-order valence-electron chi connectivity index (χ1n) is 8.70. The van der Waals surface area contributed by atoms with Gasteiger partial charge < -0.3 is 14.5 Å². The van der Waals surface area contributed by atoms with Gasteiger partial charge in [-0.1, -0.05) is 47.5 Å². The van der Waals surface area contributed by atoms with Crippen molar-refractivity contribution in [3.63, 3.8) is 0 Å². The number of anilines is 1. The Labute approximate surface area is 168 Å². The van der Waals surface area contributed by atoms with Gasteiger partial charge in [0, 0.05) is 31.2 Å². The van der Waals surface area contributed by atoms with E-state index in [2.05, 4.69) is 4.90 Å². The zero-order valence-electron chi connectivity index (χ0n) is 14.7. The van der Waals surface area contributed by atoms with Crippen LogP contribution in [0.3, 0.4) is 0 Å². The first-order valence-corrected chi connectivity index (χ1v) is 9.46. The van der Waals surface area contributed by atoms with Gasteiger partial charge in [0.1, 0.15) is 0 Å². The number of rotatable bonds is 5. The maximum atomic E-state index is 12.3. The summed E-state index contributed by atoms with van der Waals surface area (Å²) >= 11 is 12.0. The van der Waals surface area contributed by atoms with E-state index in [9.17, 15) is 9.59 Å². The Morgan fingerprint density at radius 2 is 1.59 bits per heavy atom. The predicted molar refractivity (Wildman–Crippen MR) is 106 cm³/mol. The molecule has 1 amide bonds. The van der Waals surface area contributed by atoms with E-state index in [1.165, 1.54) is 0 Å². The maximum absolute atomic E-state index is 12.3. The number of hydrogen-bond donors (Lipinski definition) is 0. The molecule has 5 nitrogen and oxygen atoms in total. The Morgan fingerprint density at radius 3 is 2.26 bits per heavy atom. The van der Waals surface area contributed by atoms with Gasteiger partial charge in [0.15, 0.2) is 6.61 Å². The monoisotopic (exact) mass is 406 g/mol. The Bertz CT molecular complexity index is 803. The quantitative estimate of drug-likeness (QED) is 0.713. The van der Waals surface area contributed by atoms with Crippen LogP contribution in [0.25, 0.3) is 0 Å². The van der Waals surface area contributed by atoms with Gasteiger partial charge in [0.25, 0.3) is 5.91 Å². The van der Waals surface area contributed by atoms with Crippen LogP contribution in [0.4, 0.5) is 5.69 Å². The molecule has 0 bridgehead atoms. The second kappa shape index (κ2) is 9.11. The van der Waals surface area contributed by atoms with Crippen molar-refractivity contribution >= 4 is 40.8 Å². The number of halogens is 2. The number of hydrogen-bond acceptors (Lipinski definition) is 4. The molecule has 0 aliphatic carbocycles. The van der Waals surface area contributed by atoms with Crippen molar-refractivity contribution in [1.29, 1.82) is 0 Å². The van der Waals surface area contributed by atoms with Gasteiger partial charge in [0.2, 0.25) is 0 Å². The standard InChI is InChI=1S/C20H20Cl2N2O3/c21-16-7-5-15(6-8-16)13-20(26)27-14-19(25)24-11-9-23(10-12-24)18-4-2-1-3-17(18)22/h1-8H,9-14H2. The molecule has 0 unspecified atom stereocenters. The summed E-state index contributed by atoms with van der Waals surface area (Å²) in [6.45, 7) is 2.28. The summed E-state index contributed by atoms with van der Waals surface area (Å²) in [4.78, 5) is 28.1. The van der Waals surface area contributed by atoms with Crippen molar-refractivity contribution in [2.75, 3.05) is 37.7 Å². The molecule has 0 spiro atoms. The van der Waals surface area contributed by atoms with E-state index in [1.807, 2.05) is 24.3 Å². The number of nitrogens with zero attached hydrogens (tertiary/aromatic N) is 2. The predicted octanol–water partition coefficient (Wildman–Crippen LogP) is 3.43. The Hall–Kier alpha value is -2.24. The maximum Gasteiger partial charge on any atom is 0.310 e. The van der Waals surface area contributed by atoms with Crippen LogP contribution in [-0.4, -0.2) is 49.6 Å². The van der Waals surface area contributed by atoms with Crippen LogP contribution in [0.1, 0.15) is 5.56 Å². The van der Waals surface area contributed by atoms with Crippen molar-refractivity contribution in [3.05, 3.63) is 64.1 Å². The van der Waals surface area contributed by atoms with Gasteiger partial charge in [-0.15, -0.1) is 0 Å². The number of ether oxygens (including phenoxy) is 1.